The summed E-state index contributed by atoms with van der Waals surface area (Å²) in [7, 11) is -2.48. The van der Waals surface area contributed by atoms with Crippen molar-refractivity contribution in [2.24, 2.45) is 5.92 Å². The van der Waals surface area contributed by atoms with E-state index in [1.54, 1.807) is 6.07 Å². The summed E-state index contributed by atoms with van der Waals surface area (Å²) in [6, 6.07) is 4.68. The SMILES string of the molecule is CN(CC(O)C1CC1)S(=O)(=O)c1ccc(F)c(C#N)c1. The molecule has 20 heavy (non-hydrogen) atoms. The van der Waals surface area contributed by atoms with Crippen LogP contribution in [0, 0.1) is 23.1 Å². The van der Waals surface area contributed by atoms with Crippen molar-refractivity contribution in [2.45, 2.75) is 23.8 Å². The van der Waals surface area contributed by atoms with Crippen LogP contribution in [0.15, 0.2) is 23.1 Å². The standard InChI is InChI=1S/C13H15FN2O3S/c1-16(8-13(17)9-2-3-9)20(18,19)11-4-5-12(14)10(6-11)7-15/h4-6,9,13,17H,2-3,8H2,1H3. The lowest BCUT2D eigenvalue weighted by Crippen LogP contribution is -2.35. The van der Waals surface area contributed by atoms with E-state index in [1.165, 1.54) is 7.05 Å². The lowest BCUT2D eigenvalue weighted by Gasteiger charge is -2.20. The molecule has 1 atom stereocenters. The summed E-state index contributed by atoms with van der Waals surface area (Å²) in [5.74, 6) is -0.595. The van der Waals surface area contributed by atoms with E-state index in [2.05, 4.69) is 0 Å². The summed E-state index contributed by atoms with van der Waals surface area (Å²) < 4.78 is 38.8. The Balaban J connectivity index is 2.22. The van der Waals surface area contributed by atoms with Crippen molar-refractivity contribution in [3.63, 3.8) is 0 Å². The molecule has 0 heterocycles. The molecule has 1 N–H and O–H groups in total. The van der Waals surface area contributed by atoms with Crippen LogP contribution in [0.4, 0.5) is 4.39 Å². The van der Waals surface area contributed by atoms with Crippen molar-refractivity contribution in [3.05, 3.63) is 29.6 Å². The maximum absolute atomic E-state index is 13.2. The summed E-state index contributed by atoms with van der Waals surface area (Å²) >= 11 is 0. The molecule has 0 bridgehead atoms. The fraction of sp³-hybridized carbons (Fsp3) is 0.462. The molecule has 0 amide bonds. The minimum absolute atomic E-state index is 0.00768. The Bertz CT molecular complexity index is 650. The Labute approximate surface area is 117 Å². The largest absolute Gasteiger partial charge is 0.391 e. The van der Waals surface area contributed by atoms with Crippen LogP contribution in [-0.4, -0.2) is 37.5 Å². The van der Waals surface area contributed by atoms with Crippen LogP contribution < -0.4 is 0 Å². The Morgan fingerprint density at radius 3 is 2.75 bits per heavy atom. The van der Waals surface area contributed by atoms with E-state index in [0.717, 1.165) is 35.3 Å². The highest BCUT2D eigenvalue weighted by Crippen LogP contribution is 2.33. The second-order valence-corrected chi connectivity index (χ2v) is 6.99. The van der Waals surface area contributed by atoms with Gasteiger partial charge in [-0.3, -0.25) is 0 Å². The zero-order valence-corrected chi connectivity index (χ0v) is 11.8. The van der Waals surface area contributed by atoms with Gasteiger partial charge in [0.1, 0.15) is 11.9 Å². The summed E-state index contributed by atoms with van der Waals surface area (Å²) in [6.07, 6.45) is 1.12. The summed E-state index contributed by atoms with van der Waals surface area (Å²) in [6.45, 7) is -0.00768. The molecule has 5 nitrogen and oxygen atoms in total. The van der Waals surface area contributed by atoms with Crippen molar-refractivity contribution < 1.29 is 17.9 Å². The van der Waals surface area contributed by atoms with Crippen molar-refractivity contribution in [1.29, 1.82) is 5.26 Å². The number of halogens is 1. The van der Waals surface area contributed by atoms with Gasteiger partial charge in [-0.15, -0.1) is 0 Å². The quantitative estimate of drug-likeness (QED) is 0.882. The number of rotatable bonds is 5. The van der Waals surface area contributed by atoms with Gasteiger partial charge >= 0.3 is 0 Å². The minimum atomic E-state index is -3.83. The first-order valence-electron chi connectivity index (χ1n) is 6.20. The first-order valence-corrected chi connectivity index (χ1v) is 7.64. The number of likely N-dealkylation sites (N-methyl/N-ethyl adjacent to an activating group) is 1. The molecule has 1 saturated carbocycles. The maximum atomic E-state index is 13.2. The number of hydrogen-bond donors (Lipinski definition) is 1. The second kappa shape index (κ2) is 5.48. The first-order chi connectivity index (χ1) is 9.36. The van der Waals surface area contributed by atoms with E-state index >= 15 is 0 Å². The number of nitriles is 1. The van der Waals surface area contributed by atoms with Gasteiger partial charge in [-0.05, 0) is 37.0 Å². The number of aliphatic hydroxyl groups is 1. The van der Waals surface area contributed by atoms with Crippen LogP contribution in [0.2, 0.25) is 0 Å². The number of sulfonamides is 1. The van der Waals surface area contributed by atoms with Crippen LogP contribution in [0.25, 0.3) is 0 Å². The van der Waals surface area contributed by atoms with E-state index in [-0.39, 0.29) is 22.9 Å². The van der Waals surface area contributed by atoms with E-state index in [4.69, 9.17) is 5.26 Å². The molecule has 1 aliphatic rings. The van der Waals surface area contributed by atoms with E-state index < -0.39 is 21.9 Å². The third-order valence-corrected chi connectivity index (χ3v) is 5.20. The Morgan fingerprint density at radius 2 is 2.20 bits per heavy atom. The number of aliphatic hydroxyl groups excluding tert-OH is 1. The zero-order chi connectivity index (χ0) is 14.9. The molecule has 0 saturated heterocycles. The number of nitrogens with zero attached hydrogens (tertiary/aromatic N) is 2. The molecule has 1 aromatic rings. The highest BCUT2D eigenvalue weighted by molar-refractivity contribution is 7.89. The average molecular weight is 298 g/mol. The van der Waals surface area contributed by atoms with Crippen molar-refractivity contribution >= 4 is 10.0 Å². The van der Waals surface area contributed by atoms with Crippen LogP contribution in [0.5, 0.6) is 0 Å². The molecule has 0 spiro atoms. The normalized spacial score (nSPS) is 16.9. The molecule has 1 aromatic carbocycles. The Kier molecular flexibility index (Phi) is 4.09. The van der Waals surface area contributed by atoms with Gasteiger partial charge in [0.15, 0.2) is 0 Å². The monoisotopic (exact) mass is 298 g/mol. The number of benzene rings is 1. The van der Waals surface area contributed by atoms with Crippen molar-refractivity contribution in [2.75, 3.05) is 13.6 Å². The van der Waals surface area contributed by atoms with Crippen LogP contribution >= 0.6 is 0 Å². The molecule has 0 aromatic heterocycles. The van der Waals surface area contributed by atoms with Crippen LogP contribution in [-0.2, 0) is 10.0 Å². The maximum Gasteiger partial charge on any atom is 0.242 e. The van der Waals surface area contributed by atoms with Gasteiger partial charge in [0.05, 0.1) is 16.6 Å². The van der Waals surface area contributed by atoms with Gasteiger partial charge in [-0.2, -0.15) is 9.57 Å². The van der Waals surface area contributed by atoms with Gasteiger partial charge in [-0.25, -0.2) is 12.8 Å². The van der Waals surface area contributed by atoms with Crippen LogP contribution in [0.3, 0.4) is 0 Å². The molecule has 2 rings (SSSR count). The fourth-order valence-corrected chi connectivity index (χ4v) is 3.14. The molecular weight excluding hydrogens is 283 g/mol. The molecule has 108 valence electrons. The topological polar surface area (TPSA) is 81.4 Å². The van der Waals surface area contributed by atoms with E-state index in [1.807, 2.05) is 0 Å². The third-order valence-electron chi connectivity index (χ3n) is 3.38. The minimum Gasteiger partial charge on any atom is -0.391 e. The highest BCUT2D eigenvalue weighted by Gasteiger charge is 2.33. The molecule has 0 aliphatic heterocycles. The third kappa shape index (κ3) is 2.98. The van der Waals surface area contributed by atoms with Gasteiger partial charge in [0.2, 0.25) is 10.0 Å². The first kappa shape index (κ1) is 14.9. The molecule has 1 fully saturated rings. The van der Waals surface area contributed by atoms with Gasteiger partial charge < -0.3 is 5.11 Å². The average Bonchev–Trinajstić information content (AvgIpc) is 3.23. The summed E-state index contributed by atoms with van der Waals surface area (Å²) in [4.78, 5) is -0.152. The predicted molar refractivity (Wildman–Crippen MR) is 69.7 cm³/mol. The van der Waals surface area contributed by atoms with Crippen molar-refractivity contribution in [3.8, 4) is 6.07 Å². The Morgan fingerprint density at radius 1 is 1.55 bits per heavy atom. The molecule has 1 aliphatic carbocycles. The second-order valence-electron chi connectivity index (χ2n) is 4.94. The van der Waals surface area contributed by atoms with Gasteiger partial charge in [0.25, 0.3) is 0 Å². The van der Waals surface area contributed by atoms with E-state index in [0.29, 0.717) is 0 Å². The summed E-state index contributed by atoms with van der Waals surface area (Å²) in [5, 5.41) is 18.5. The van der Waals surface area contributed by atoms with E-state index in [9.17, 15) is 17.9 Å². The lowest BCUT2D eigenvalue weighted by molar-refractivity contribution is 0.131. The smallest absolute Gasteiger partial charge is 0.242 e. The number of hydrogen-bond acceptors (Lipinski definition) is 4. The highest BCUT2D eigenvalue weighted by atomic mass is 32.2. The van der Waals surface area contributed by atoms with Gasteiger partial charge in [0, 0.05) is 13.6 Å². The zero-order valence-electron chi connectivity index (χ0n) is 11.0. The summed E-state index contributed by atoms with van der Waals surface area (Å²) in [5.41, 5.74) is -0.317. The molecule has 0 radical (unpaired) electrons. The molecular formula is C13H15FN2O3S. The van der Waals surface area contributed by atoms with Crippen molar-refractivity contribution in [1.82, 2.24) is 4.31 Å². The lowest BCUT2D eigenvalue weighted by atomic mass is 10.2. The molecule has 7 heteroatoms. The Hall–Kier alpha value is -1.49. The van der Waals surface area contributed by atoms with Crippen LogP contribution in [0.1, 0.15) is 18.4 Å². The fourth-order valence-electron chi connectivity index (χ4n) is 1.92. The van der Waals surface area contributed by atoms with Gasteiger partial charge in [-0.1, -0.05) is 0 Å². The molecule has 1 unspecified atom stereocenters. The predicted octanol–water partition coefficient (Wildman–Crippen LogP) is 1.09.